The van der Waals surface area contributed by atoms with Crippen LogP contribution in [0.15, 0.2) is 0 Å². The molecule has 31 heavy (non-hydrogen) atoms. The molecule has 14 heteroatoms. The van der Waals surface area contributed by atoms with Gasteiger partial charge in [-0.2, -0.15) is 0 Å². The van der Waals surface area contributed by atoms with Crippen LogP contribution in [0.1, 0.15) is 39.5 Å². The average molecular weight is 448 g/mol. The van der Waals surface area contributed by atoms with Crippen LogP contribution >= 0.6 is 0 Å². The molecular weight excluding hydrogens is 420 g/mol. The van der Waals surface area contributed by atoms with E-state index in [0.717, 1.165) is 6.92 Å². The van der Waals surface area contributed by atoms with Crippen molar-refractivity contribution in [3.8, 4) is 0 Å². The van der Waals surface area contributed by atoms with E-state index in [2.05, 4.69) is 10.6 Å². The van der Waals surface area contributed by atoms with Gasteiger partial charge in [0.15, 0.2) is 6.04 Å². The smallest absolute Gasteiger partial charge is 0.328 e. The lowest BCUT2D eigenvalue weighted by atomic mass is 10.1. The topological polar surface area (TPSA) is 245 Å². The van der Waals surface area contributed by atoms with E-state index in [1.807, 2.05) is 5.32 Å². The van der Waals surface area contributed by atoms with Crippen molar-refractivity contribution in [3.63, 3.8) is 0 Å². The number of hydrogen-bond acceptors (Lipinski definition) is 8. The second-order valence-electron chi connectivity index (χ2n) is 6.84. The number of nitrogens with one attached hydrogen (secondary N) is 3. The third-order valence-corrected chi connectivity index (χ3v) is 4.02. The van der Waals surface area contributed by atoms with E-state index in [1.165, 1.54) is 6.92 Å². The van der Waals surface area contributed by atoms with Crippen molar-refractivity contribution in [2.45, 2.75) is 69.8 Å². The van der Waals surface area contributed by atoms with Crippen LogP contribution in [-0.4, -0.2) is 86.3 Å². The number of rotatable bonds is 14. The molecule has 0 aliphatic heterocycles. The predicted octanol–water partition coefficient (Wildman–Crippen LogP) is -3.02. The van der Waals surface area contributed by atoms with Crippen molar-refractivity contribution in [2.24, 2.45) is 5.73 Å². The third-order valence-electron chi connectivity index (χ3n) is 4.02. The maximum Gasteiger partial charge on any atom is 0.328 e. The highest BCUT2D eigenvalue weighted by atomic mass is 16.4. The first kappa shape index (κ1) is 27.7. The highest BCUT2D eigenvalue weighted by Gasteiger charge is 2.32. The van der Waals surface area contributed by atoms with E-state index in [0.29, 0.717) is 0 Å². The molecule has 0 saturated heterocycles. The normalized spacial score (nSPS) is 15.5. The van der Waals surface area contributed by atoms with E-state index in [1.54, 1.807) is 0 Å². The summed E-state index contributed by atoms with van der Waals surface area (Å²) in [6.45, 7) is 2.43. The number of carbonyl (C=O) groups excluding carboxylic acids is 3. The van der Waals surface area contributed by atoms with Gasteiger partial charge in [0, 0.05) is 12.8 Å². The molecule has 0 aliphatic rings. The fourth-order valence-corrected chi connectivity index (χ4v) is 2.29. The Kier molecular flexibility index (Phi) is 11.7. The molecule has 9 N–H and O–H groups in total. The molecule has 0 aromatic carbocycles. The van der Waals surface area contributed by atoms with Crippen molar-refractivity contribution < 1.29 is 49.2 Å². The molecule has 0 aliphatic carbocycles. The van der Waals surface area contributed by atoms with Gasteiger partial charge in [-0.15, -0.1) is 0 Å². The largest absolute Gasteiger partial charge is 0.481 e. The molecule has 176 valence electrons. The van der Waals surface area contributed by atoms with E-state index in [-0.39, 0.29) is 6.42 Å². The summed E-state index contributed by atoms with van der Waals surface area (Å²) < 4.78 is 0. The van der Waals surface area contributed by atoms with Crippen LogP contribution in [0.4, 0.5) is 0 Å². The first-order chi connectivity index (χ1) is 14.3. The fourth-order valence-electron chi connectivity index (χ4n) is 2.29. The van der Waals surface area contributed by atoms with Crippen LogP contribution in [0.3, 0.4) is 0 Å². The number of aliphatic carboxylic acids is 3. The van der Waals surface area contributed by atoms with Gasteiger partial charge in [-0.3, -0.25) is 24.0 Å². The number of nitrogens with two attached hydrogens (primary N) is 1. The Morgan fingerprint density at radius 2 is 1.13 bits per heavy atom. The summed E-state index contributed by atoms with van der Waals surface area (Å²) in [7, 11) is 0. The maximum absolute atomic E-state index is 12.6. The molecule has 3 amide bonds. The van der Waals surface area contributed by atoms with Gasteiger partial charge in [0.1, 0.15) is 12.1 Å². The Labute approximate surface area is 177 Å². The SMILES string of the molecule is CC(N)C(=O)NC(CCC(=O)O)C(=O)NC(CCC(=O)O)C(=O)NC(C(=O)O)C(C)O. The monoisotopic (exact) mass is 448 g/mol. The van der Waals surface area contributed by atoms with Crippen molar-refractivity contribution in [1.82, 2.24) is 16.0 Å². The summed E-state index contributed by atoms with van der Waals surface area (Å²) in [5, 5.41) is 42.7. The van der Waals surface area contributed by atoms with Gasteiger partial charge in [0.05, 0.1) is 12.1 Å². The molecule has 14 nitrogen and oxygen atoms in total. The summed E-state index contributed by atoms with van der Waals surface area (Å²) in [6.07, 6.45) is -3.36. The number of aliphatic hydroxyl groups is 1. The first-order valence-electron chi connectivity index (χ1n) is 9.27. The minimum Gasteiger partial charge on any atom is -0.481 e. The summed E-state index contributed by atoms with van der Waals surface area (Å²) in [4.78, 5) is 69.7. The summed E-state index contributed by atoms with van der Waals surface area (Å²) in [6, 6.07) is -5.68. The highest BCUT2D eigenvalue weighted by molar-refractivity contribution is 5.94. The molecule has 0 aromatic rings. The number of aliphatic hydroxyl groups excluding tert-OH is 1. The Morgan fingerprint density at radius 1 is 0.742 bits per heavy atom. The second-order valence-corrected chi connectivity index (χ2v) is 6.84. The third kappa shape index (κ3) is 10.9. The number of amides is 3. The quantitative estimate of drug-likeness (QED) is 0.133. The zero-order chi connectivity index (χ0) is 24.3. The van der Waals surface area contributed by atoms with Crippen LogP contribution < -0.4 is 21.7 Å². The van der Waals surface area contributed by atoms with E-state index >= 15 is 0 Å². The number of carboxylic acids is 3. The molecule has 0 rings (SSSR count). The average Bonchev–Trinajstić information content (AvgIpc) is 2.64. The lowest BCUT2D eigenvalue weighted by Crippen LogP contribution is -2.58. The molecule has 0 radical (unpaired) electrons. The van der Waals surface area contributed by atoms with Crippen LogP contribution in [-0.2, 0) is 28.8 Å². The van der Waals surface area contributed by atoms with Gasteiger partial charge < -0.3 is 42.1 Å². The fraction of sp³-hybridized carbons (Fsp3) is 0.647. The standard InChI is InChI=1S/C17H28N4O10/c1-7(18)14(27)19-9(3-5-11(23)24)15(28)20-10(4-6-12(25)26)16(29)21-13(8(2)22)17(30)31/h7-10,13,22H,3-6,18H2,1-2H3,(H,19,27)(H,20,28)(H,21,29)(H,23,24)(H,25,26)(H,30,31). The Hall–Kier alpha value is -3.26. The molecular formula is C17H28N4O10. The Morgan fingerprint density at radius 3 is 1.45 bits per heavy atom. The van der Waals surface area contributed by atoms with Gasteiger partial charge >= 0.3 is 17.9 Å². The molecule has 0 spiro atoms. The second kappa shape index (κ2) is 13.1. The molecule has 5 atom stereocenters. The Bertz CT molecular complexity index is 694. The summed E-state index contributed by atoms with van der Waals surface area (Å²) in [5.74, 6) is -6.96. The van der Waals surface area contributed by atoms with Crippen molar-refractivity contribution in [1.29, 1.82) is 0 Å². The molecule has 0 heterocycles. The molecule has 0 bridgehead atoms. The van der Waals surface area contributed by atoms with E-state index < -0.39 is 85.2 Å². The van der Waals surface area contributed by atoms with Crippen LogP contribution in [0.25, 0.3) is 0 Å². The van der Waals surface area contributed by atoms with Crippen molar-refractivity contribution >= 4 is 35.6 Å². The molecule has 5 unspecified atom stereocenters. The van der Waals surface area contributed by atoms with E-state index in [4.69, 9.17) is 21.1 Å². The number of carboxylic acid groups (broad SMARTS) is 3. The van der Waals surface area contributed by atoms with Gasteiger partial charge in [0.25, 0.3) is 0 Å². The summed E-state index contributed by atoms with van der Waals surface area (Å²) >= 11 is 0. The Balaban J connectivity index is 5.53. The zero-order valence-electron chi connectivity index (χ0n) is 17.0. The summed E-state index contributed by atoms with van der Waals surface area (Å²) in [5.41, 5.74) is 5.41. The van der Waals surface area contributed by atoms with Crippen LogP contribution in [0.5, 0.6) is 0 Å². The van der Waals surface area contributed by atoms with E-state index in [9.17, 15) is 33.9 Å². The van der Waals surface area contributed by atoms with Crippen LogP contribution in [0, 0.1) is 0 Å². The molecule has 0 fully saturated rings. The first-order valence-corrected chi connectivity index (χ1v) is 9.27. The lowest BCUT2D eigenvalue weighted by Gasteiger charge is -2.25. The van der Waals surface area contributed by atoms with Gasteiger partial charge in [-0.25, -0.2) is 4.79 Å². The number of hydrogen-bond donors (Lipinski definition) is 8. The van der Waals surface area contributed by atoms with Gasteiger partial charge in [-0.1, -0.05) is 0 Å². The zero-order valence-corrected chi connectivity index (χ0v) is 17.0. The van der Waals surface area contributed by atoms with Crippen LogP contribution in [0.2, 0.25) is 0 Å². The van der Waals surface area contributed by atoms with Gasteiger partial charge in [0.2, 0.25) is 17.7 Å². The molecule has 0 aromatic heterocycles. The molecule has 0 saturated carbocycles. The minimum atomic E-state index is -1.72. The highest BCUT2D eigenvalue weighted by Crippen LogP contribution is 2.05. The maximum atomic E-state index is 12.6. The van der Waals surface area contributed by atoms with Crippen molar-refractivity contribution in [2.75, 3.05) is 0 Å². The minimum absolute atomic E-state index is 0.349. The number of carbonyl (C=O) groups is 6. The lowest BCUT2D eigenvalue weighted by molar-refractivity contribution is -0.145. The van der Waals surface area contributed by atoms with Gasteiger partial charge in [-0.05, 0) is 26.7 Å². The predicted molar refractivity (Wildman–Crippen MR) is 102 cm³/mol. The van der Waals surface area contributed by atoms with Crippen molar-refractivity contribution in [3.05, 3.63) is 0 Å².